The van der Waals surface area contributed by atoms with Gasteiger partial charge in [0.2, 0.25) is 0 Å². The van der Waals surface area contributed by atoms with Crippen molar-refractivity contribution in [1.29, 1.82) is 0 Å². The van der Waals surface area contributed by atoms with E-state index >= 15 is 0 Å². The molecule has 2 N–H and O–H groups in total. The van der Waals surface area contributed by atoms with E-state index in [1.165, 1.54) is 6.92 Å². The van der Waals surface area contributed by atoms with Crippen molar-refractivity contribution >= 4 is 29.4 Å². The average molecular weight is 405 g/mol. The fraction of sp³-hybridized carbons (Fsp3) is 0.250. The van der Waals surface area contributed by atoms with Crippen LogP contribution in [0.1, 0.15) is 22.8 Å². The number of nitrogens with one attached hydrogen (secondary N) is 2. The number of methoxy groups -OCH3 is 1. The van der Waals surface area contributed by atoms with Gasteiger partial charge in [0, 0.05) is 17.1 Å². The largest absolute Gasteiger partial charge is 0.497 e. The van der Waals surface area contributed by atoms with Crippen LogP contribution in [0.15, 0.2) is 48.5 Å². The van der Waals surface area contributed by atoms with Crippen molar-refractivity contribution in [2.45, 2.75) is 19.5 Å². The van der Waals surface area contributed by atoms with E-state index in [-0.39, 0.29) is 0 Å². The van der Waals surface area contributed by atoms with Crippen LogP contribution in [0.25, 0.3) is 0 Å². The van der Waals surface area contributed by atoms with E-state index in [4.69, 9.17) is 21.1 Å². The van der Waals surface area contributed by atoms with Gasteiger partial charge in [0.05, 0.1) is 7.11 Å². The van der Waals surface area contributed by atoms with E-state index in [9.17, 15) is 14.4 Å². The highest BCUT2D eigenvalue weighted by Gasteiger charge is 2.19. The lowest BCUT2D eigenvalue weighted by molar-refractivity contribution is -0.150. The predicted octanol–water partition coefficient (Wildman–Crippen LogP) is 2.33. The highest BCUT2D eigenvalue weighted by molar-refractivity contribution is 6.30. The summed E-state index contributed by atoms with van der Waals surface area (Å²) in [4.78, 5) is 35.9. The number of benzene rings is 2. The SMILES string of the molecule is COc1ccc(CNC(=O)COC(=O)[C@H](C)NC(=O)c2ccc(Cl)cc2)cc1. The lowest BCUT2D eigenvalue weighted by atomic mass is 10.2. The first-order valence-corrected chi connectivity index (χ1v) is 8.89. The Kier molecular flexibility index (Phi) is 7.83. The van der Waals surface area contributed by atoms with Gasteiger partial charge in [0.1, 0.15) is 11.8 Å². The van der Waals surface area contributed by atoms with E-state index in [1.54, 1.807) is 43.5 Å². The monoisotopic (exact) mass is 404 g/mol. The van der Waals surface area contributed by atoms with Gasteiger partial charge in [0.15, 0.2) is 6.61 Å². The quantitative estimate of drug-likeness (QED) is 0.658. The van der Waals surface area contributed by atoms with Gasteiger partial charge < -0.3 is 20.1 Å². The zero-order valence-electron chi connectivity index (χ0n) is 15.5. The number of halogens is 1. The molecule has 0 fully saturated rings. The Bertz CT molecular complexity index is 821. The number of rotatable bonds is 8. The van der Waals surface area contributed by atoms with Crippen LogP contribution >= 0.6 is 11.6 Å². The van der Waals surface area contributed by atoms with Crippen molar-refractivity contribution in [3.05, 3.63) is 64.7 Å². The summed E-state index contributed by atoms with van der Waals surface area (Å²) in [6.45, 7) is 1.34. The van der Waals surface area contributed by atoms with Crippen molar-refractivity contribution < 1.29 is 23.9 Å². The van der Waals surface area contributed by atoms with E-state index < -0.39 is 30.4 Å². The van der Waals surface area contributed by atoms with E-state index in [1.807, 2.05) is 12.1 Å². The van der Waals surface area contributed by atoms with Gasteiger partial charge in [0.25, 0.3) is 11.8 Å². The maximum atomic E-state index is 12.1. The second-order valence-electron chi connectivity index (χ2n) is 5.93. The molecule has 0 spiro atoms. The first kappa shape index (κ1) is 21.2. The van der Waals surface area contributed by atoms with Crippen molar-refractivity contribution in [3.8, 4) is 5.75 Å². The summed E-state index contributed by atoms with van der Waals surface area (Å²) < 4.78 is 10.0. The molecule has 0 saturated heterocycles. The van der Waals surface area contributed by atoms with Crippen LogP contribution < -0.4 is 15.4 Å². The fourth-order valence-corrected chi connectivity index (χ4v) is 2.32. The Morgan fingerprint density at radius 2 is 1.68 bits per heavy atom. The topological polar surface area (TPSA) is 93.7 Å². The summed E-state index contributed by atoms with van der Waals surface area (Å²) in [6.07, 6.45) is 0. The molecule has 8 heteroatoms. The van der Waals surface area contributed by atoms with Crippen LogP contribution in [-0.4, -0.2) is 37.5 Å². The van der Waals surface area contributed by atoms with Crippen LogP contribution in [0.4, 0.5) is 0 Å². The summed E-state index contributed by atoms with van der Waals surface area (Å²) in [6, 6.07) is 12.5. The molecule has 2 rings (SSSR count). The molecule has 0 aliphatic carbocycles. The molecule has 2 aromatic carbocycles. The Hall–Kier alpha value is -3.06. The van der Waals surface area contributed by atoms with Crippen LogP contribution in [0.3, 0.4) is 0 Å². The van der Waals surface area contributed by atoms with Crippen LogP contribution in [0.2, 0.25) is 5.02 Å². The van der Waals surface area contributed by atoms with Gasteiger partial charge in [-0.15, -0.1) is 0 Å². The summed E-state index contributed by atoms with van der Waals surface area (Å²) in [5, 5.41) is 5.66. The summed E-state index contributed by atoms with van der Waals surface area (Å²) in [5.74, 6) is -0.869. The Labute approximate surface area is 168 Å². The Morgan fingerprint density at radius 3 is 2.29 bits per heavy atom. The molecule has 0 radical (unpaired) electrons. The van der Waals surface area contributed by atoms with Crippen LogP contribution in [-0.2, 0) is 20.9 Å². The first-order valence-electron chi connectivity index (χ1n) is 8.51. The van der Waals surface area contributed by atoms with Crippen LogP contribution in [0.5, 0.6) is 5.75 Å². The Balaban J connectivity index is 1.73. The molecule has 0 aliphatic heterocycles. The average Bonchev–Trinajstić information content (AvgIpc) is 2.71. The number of amides is 2. The van der Waals surface area contributed by atoms with Crippen molar-refractivity contribution in [3.63, 3.8) is 0 Å². The fourth-order valence-electron chi connectivity index (χ4n) is 2.20. The third-order valence-electron chi connectivity index (χ3n) is 3.80. The highest BCUT2D eigenvalue weighted by atomic mass is 35.5. The molecule has 2 aromatic rings. The highest BCUT2D eigenvalue weighted by Crippen LogP contribution is 2.11. The lowest BCUT2D eigenvalue weighted by Gasteiger charge is -2.13. The minimum absolute atomic E-state index is 0.295. The molecule has 0 bridgehead atoms. The molecule has 0 heterocycles. The third-order valence-corrected chi connectivity index (χ3v) is 4.05. The number of esters is 1. The number of hydrogen-bond donors (Lipinski definition) is 2. The van der Waals surface area contributed by atoms with Gasteiger partial charge in [-0.1, -0.05) is 23.7 Å². The van der Waals surface area contributed by atoms with E-state index in [0.717, 1.165) is 11.3 Å². The van der Waals surface area contributed by atoms with E-state index in [2.05, 4.69) is 10.6 Å². The second-order valence-corrected chi connectivity index (χ2v) is 6.37. The van der Waals surface area contributed by atoms with Crippen molar-refractivity contribution in [2.75, 3.05) is 13.7 Å². The van der Waals surface area contributed by atoms with Crippen molar-refractivity contribution in [1.82, 2.24) is 10.6 Å². The summed E-state index contributed by atoms with van der Waals surface area (Å²) >= 11 is 5.77. The molecular formula is C20H21ClN2O5. The van der Waals surface area contributed by atoms with Gasteiger partial charge in [-0.3, -0.25) is 9.59 Å². The van der Waals surface area contributed by atoms with Gasteiger partial charge in [-0.05, 0) is 48.9 Å². The number of carbonyl (C=O) groups is 3. The normalized spacial score (nSPS) is 11.2. The number of ether oxygens (including phenoxy) is 2. The zero-order chi connectivity index (χ0) is 20.5. The molecule has 7 nitrogen and oxygen atoms in total. The molecule has 148 valence electrons. The maximum absolute atomic E-state index is 12.1. The number of carbonyl (C=O) groups excluding carboxylic acids is 3. The molecule has 0 unspecified atom stereocenters. The first-order chi connectivity index (χ1) is 13.4. The molecular weight excluding hydrogens is 384 g/mol. The minimum Gasteiger partial charge on any atom is -0.497 e. The smallest absolute Gasteiger partial charge is 0.328 e. The summed E-state index contributed by atoms with van der Waals surface area (Å²) in [5.41, 5.74) is 1.24. The zero-order valence-corrected chi connectivity index (χ0v) is 16.3. The van der Waals surface area contributed by atoms with E-state index in [0.29, 0.717) is 17.1 Å². The molecule has 2 amide bonds. The number of hydrogen-bond acceptors (Lipinski definition) is 5. The Morgan fingerprint density at radius 1 is 1.04 bits per heavy atom. The standard InChI is InChI=1S/C20H21ClN2O5/c1-13(23-19(25)15-5-7-16(21)8-6-15)20(26)28-12-18(24)22-11-14-3-9-17(27-2)10-4-14/h3-10,13H,11-12H2,1-2H3,(H,22,24)(H,23,25)/t13-/m0/s1. The maximum Gasteiger partial charge on any atom is 0.328 e. The van der Waals surface area contributed by atoms with Gasteiger partial charge >= 0.3 is 5.97 Å². The van der Waals surface area contributed by atoms with Crippen LogP contribution in [0, 0.1) is 0 Å². The third kappa shape index (κ3) is 6.59. The second kappa shape index (κ2) is 10.3. The lowest BCUT2D eigenvalue weighted by Crippen LogP contribution is -2.40. The predicted molar refractivity (Wildman–Crippen MR) is 104 cm³/mol. The molecule has 28 heavy (non-hydrogen) atoms. The molecule has 0 aliphatic rings. The summed E-state index contributed by atoms with van der Waals surface area (Å²) in [7, 11) is 1.57. The molecule has 1 atom stereocenters. The molecule has 0 aromatic heterocycles. The minimum atomic E-state index is -0.905. The van der Waals surface area contributed by atoms with Gasteiger partial charge in [-0.2, -0.15) is 0 Å². The molecule has 0 saturated carbocycles. The van der Waals surface area contributed by atoms with Crippen molar-refractivity contribution in [2.24, 2.45) is 0 Å². The van der Waals surface area contributed by atoms with Gasteiger partial charge in [-0.25, -0.2) is 4.79 Å².